The van der Waals surface area contributed by atoms with Crippen molar-refractivity contribution in [2.75, 3.05) is 0 Å². The van der Waals surface area contributed by atoms with Crippen LogP contribution in [0, 0.1) is 6.92 Å². The minimum Gasteiger partial charge on any atom is -0.313 e. The van der Waals surface area contributed by atoms with Gasteiger partial charge in [-0.05, 0) is 65.8 Å². The van der Waals surface area contributed by atoms with E-state index >= 15 is 0 Å². The van der Waals surface area contributed by atoms with Crippen LogP contribution in [0.3, 0.4) is 0 Å². The van der Waals surface area contributed by atoms with Gasteiger partial charge in [0.2, 0.25) is 0 Å². The topological polar surface area (TPSA) is 38.7 Å². The fourth-order valence-corrected chi connectivity index (χ4v) is 3.38. The van der Waals surface area contributed by atoms with E-state index in [1.807, 2.05) is 38.1 Å². The normalized spacial score (nSPS) is 12.5. The van der Waals surface area contributed by atoms with E-state index in [1.165, 1.54) is 22.3 Å². The highest BCUT2D eigenvalue weighted by Crippen LogP contribution is 2.36. The van der Waals surface area contributed by atoms with Crippen molar-refractivity contribution < 1.29 is 9.63 Å². The fraction of sp³-hybridized carbons (Fsp3) is 0.130. The number of hydrogen-bond acceptors (Lipinski definition) is 3. The van der Waals surface area contributed by atoms with Crippen molar-refractivity contribution >= 4 is 11.7 Å². The molecule has 0 fully saturated rings. The molecule has 3 aromatic rings. The van der Waals surface area contributed by atoms with Crippen molar-refractivity contribution in [3.05, 3.63) is 94.5 Å². The van der Waals surface area contributed by atoms with E-state index in [1.54, 1.807) is 6.07 Å². The summed E-state index contributed by atoms with van der Waals surface area (Å²) in [4.78, 5) is 17.4. The molecule has 3 heteroatoms. The van der Waals surface area contributed by atoms with Crippen LogP contribution in [-0.2, 0) is 11.3 Å². The average Bonchev–Trinajstić information content (AvgIpc) is 3.04. The molecule has 3 nitrogen and oxygen atoms in total. The third kappa shape index (κ3) is 2.92. The predicted octanol–water partition coefficient (Wildman–Crippen LogP) is 5.15. The lowest BCUT2D eigenvalue weighted by atomic mass is 10.0. The van der Waals surface area contributed by atoms with Crippen LogP contribution in [0.1, 0.15) is 39.5 Å². The van der Waals surface area contributed by atoms with E-state index in [0.29, 0.717) is 11.3 Å². The summed E-state index contributed by atoms with van der Waals surface area (Å²) in [6, 6.07) is 22.1. The number of oxime groups is 1. The SMILES string of the molecule is C/C(=N\OC(=O)c1ccccc1C)c1ccc2c(c1)Cc1ccccc1-2. The molecular weight excluding hydrogens is 322 g/mol. The van der Waals surface area contributed by atoms with Crippen LogP contribution in [0.2, 0.25) is 0 Å². The van der Waals surface area contributed by atoms with Gasteiger partial charge in [-0.2, -0.15) is 0 Å². The van der Waals surface area contributed by atoms with Crippen molar-refractivity contribution in [3.63, 3.8) is 0 Å². The highest BCUT2D eigenvalue weighted by atomic mass is 16.7. The molecule has 0 N–H and O–H groups in total. The average molecular weight is 341 g/mol. The van der Waals surface area contributed by atoms with Gasteiger partial charge < -0.3 is 4.84 Å². The largest absolute Gasteiger partial charge is 0.365 e. The Balaban J connectivity index is 1.55. The lowest BCUT2D eigenvalue weighted by molar-refractivity contribution is 0.0515. The molecule has 0 unspecified atom stereocenters. The monoisotopic (exact) mass is 341 g/mol. The maximum atomic E-state index is 12.2. The zero-order chi connectivity index (χ0) is 18.1. The van der Waals surface area contributed by atoms with Crippen molar-refractivity contribution in [2.24, 2.45) is 5.16 Å². The van der Waals surface area contributed by atoms with Gasteiger partial charge in [0.25, 0.3) is 0 Å². The predicted molar refractivity (Wildman–Crippen MR) is 103 cm³/mol. The maximum absolute atomic E-state index is 12.2. The van der Waals surface area contributed by atoms with Crippen LogP contribution in [0.5, 0.6) is 0 Å². The van der Waals surface area contributed by atoms with Crippen molar-refractivity contribution in [3.8, 4) is 11.1 Å². The smallest absolute Gasteiger partial charge is 0.313 e. The first-order valence-electron chi connectivity index (χ1n) is 8.66. The first-order chi connectivity index (χ1) is 12.6. The summed E-state index contributed by atoms with van der Waals surface area (Å²) in [5, 5.41) is 4.05. The molecule has 0 amide bonds. The number of carbonyl (C=O) groups excluding carboxylic acids is 1. The van der Waals surface area contributed by atoms with Crippen LogP contribution >= 0.6 is 0 Å². The van der Waals surface area contributed by atoms with Gasteiger partial charge in [-0.25, -0.2) is 4.79 Å². The van der Waals surface area contributed by atoms with Gasteiger partial charge in [-0.15, -0.1) is 0 Å². The molecular formula is C23H19NO2. The number of carbonyl (C=O) groups is 1. The lowest BCUT2D eigenvalue weighted by Gasteiger charge is -2.06. The van der Waals surface area contributed by atoms with Crippen LogP contribution in [0.15, 0.2) is 71.9 Å². The summed E-state index contributed by atoms with van der Waals surface area (Å²) in [5.74, 6) is -0.434. The van der Waals surface area contributed by atoms with Crippen molar-refractivity contribution in [1.82, 2.24) is 0 Å². The number of benzene rings is 3. The molecule has 26 heavy (non-hydrogen) atoms. The second kappa shape index (κ2) is 6.60. The van der Waals surface area contributed by atoms with Crippen LogP contribution in [-0.4, -0.2) is 11.7 Å². The van der Waals surface area contributed by atoms with Gasteiger partial charge in [0.15, 0.2) is 0 Å². The summed E-state index contributed by atoms with van der Waals surface area (Å²) in [6.07, 6.45) is 0.926. The second-order valence-electron chi connectivity index (χ2n) is 6.58. The fourth-order valence-electron chi connectivity index (χ4n) is 3.38. The Labute approximate surface area is 152 Å². The summed E-state index contributed by atoms with van der Waals surface area (Å²) in [7, 11) is 0. The molecule has 0 aromatic heterocycles. The minimum atomic E-state index is -0.434. The Morgan fingerprint density at radius 1 is 0.923 bits per heavy atom. The molecule has 0 atom stereocenters. The van der Waals surface area contributed by atoms with E-state index in [4.69, 9.17) is 4.84 Å². The Morgan fingerprint density at radius 3 is 2.50 bits per heavy atom. The quantitative estimate of drug-likeness (QED) is 0.294. The Kier molecular flexibility index (Phi) is 4.13. The Morgan fingerprint density at radius 2 is 1.65 bits per heavy atom. The number of nitrogens with zero attached hydrogens (tertiary/aromatic N) is 1. The first kappa shape index (κ1) is 16.3. The van der Waals surface area contributed by atoms with Crippen molar-refractivity contribution in [1.29, 1.82) is 0 Å². The number of rotatable bonds is 3. The molecule has 0 radical (unpaired) electrons. The summed E-state index contributed by atoms with van der Waals surface area (Å²) in [5.41, 5.74) is 8.27. The highest BCUT2D eigenvalue weighted by Gasteiger charge is 2.18. The molecule has 0 saturated carbocycles. The summed E-state index contributed by atoms with van der Waals surface area (Å²) >= 11 is 0. The van der Waals surface area contributed by atoms with Gasteiger partial charge in [-0.1, -0.05) is 59.8 Å². The van der Waals surface area contributed by atoms with E-state index in [-0.39, 0.29) is 0 Å². The molecule has 1 aliphatic rings. The van der Waals surface area contributed by atoms with E-state index in [9.17, 15) is 4.79 Å². The van der Waals surface area contributed by atoms with E-state index in [0.717, 1.165) is 17.5 Å². The van der Waals surface area contributed by atoms with Crippen molar-refractivity contribution in [2.45, 2.75) is 20.3 Å². The van der Waals surface area contributed by atoms with Gasteiger partial charge in [-0.3, -0.25) is 0 Å². The van der Waals surface area contributed by atoms with Gasteiger partial charge in [0.05, 0.1) is 11.3 Å². The molecule has 3 aromatic carbocycles. The standard InChI is InChI=1S/C23H19NO2/c1-15-7-3-5-9-20(15)23(25)26-24-16(2)17-11-12-22-19(13-17)14-18-8-4-6-10-21(18)22/h3-13H,14H2,1-2H3/b24-16+. The Hall–Kier alpha value is -3.20. The third-order valence-corrected chi connectivity index (χ3v) is 4.84. The zero-order valence-corrected chi connectivity index (χ0v) is 14.8. The van der Waals surface area contributed by atoms with Crippen LogP contribution in [0.25, 0.3) is 11.1 Å². The summed E-state index contributed by atoms with van der Waals surface area (Å²) < 4.78 is 0. The van der Waals surface area contributed by atoms with E-state index in [2.05, 4.69) is 41.6 Å². The maximum Gasteiger partial charge on any atom is 0.365 e. The van der Waals surface area contributed by atoms with Gasteiger partial charge in [0.1, 0.15) is 0 Å². The first-order valence-corrected chi connectivity index (χ1v) is 8.66. The van der Waals surface area contributed by atoms with Crippen LogP contribution in [0.4, 0.5) is 0 Å². The molecule has 0 saturated heterocycles. The molecule has 0 heterocycles. The number of hydrogen-bond donors (Lipinski definition) is 0. The number of aryl methyl sites for hydroxylation is 1. The number of fused-ring (bicyclic) bond motifs is 3. The molecule has 128 valence electrons. The highest BCUT2D eigenvalue weighted by molar-refractivity contribution is 6.00. The molecule has 0 spiro atoms. The Bertz CT molecular complexity index is 1030. The van der Waals surface area contributed by atoms with Gasteiger partial charge >= 0.3 is 5.97 Å². The lowest BCUT2D eigenvalue weighted by Crippen LogP contribution is -2.05. The summed E-state index contributed by atoms with van der Waals surface area (Å²) in [6.45, 7) is 3.74. The van der Waals surface area contributed by atoms with Crippen LogP contribution < -0.4 is 0 Å². The third-order valence-electron chi connectivity index (χ3n) is 4.84. The molecule has 4 rings (SSSR count). The second-order valence-corrected chi connectivity index (χ2v) is 6.58. The molecule has 0 bridgehead atoms. The van der Waals surface area contributed by atoms with E-state index < -0.39 is 5.97 Å². The molecule has 0 aliphatic heterocycles. The molecule has 1 aliphatic carbocycles. The zero-order valence-electron chi connectivity index (χ0n) is 14.8. The minimum absolute atomic E-state index is 0.434. The van der Waals surface area contributed by atoms with Gasteiger partial charge in [0, 0.05) is 0 Å².